The Morgan fingerprint density at radius 3 is 2.57 bits per heavy atom. The molecule has 7 heteroatoms. The molecule has 1 amide bonds. The number of nitrogens with zero attached hydrogens (tertiary/aromatic N) is 1. The number of carbonyl (C=O) groups excluding carboxylic acids is 2. The van der Waals surface area contributed by atoms with Gasteiger partial charge in [0.25, 0.3) is 5.91 Å². The van der Waals surface area contributed by atoms with E-state index in [1.165, 1.54) is 18.4 Å². The molecule has 1 aliphatic rings. The van der Waals surface area contributed by atoms with Gasteiger partial charge in [-0.1, -0.05) is 25.7 Å². The van der Waals surface area contributed by atoms with Crippen LogP contribution in [0.15, 0.2) is 5.38 Å². The minimum Gasteiger partial charge on any atom is -0.467 e. The third-order valence-electron chi connectivity index (χ3n) is 3.85. The van der Waals surface area contributed by atoms with Crippen molar-refractivity contribution in [2.24, 2.45) is 5.73 Å². The van der Waals surface area contributed by atoms with Crippen molar-refractivity contribution in [1.82, 2.24) is 10.3 Å². The summed E-state index contributed by atoms with van der Waals surface area (Å²) in [7, 11) is 1.36. The van der Waals surface area contributed by atoms with E-state index in [0.717, 1.165) is 25.7 Å². The van der Waals surface area contributed by atoms with Crippen molar-refractivity contribution in [2.45, 2.75) is 50.6 Å². The lowest BCUT2D eigenvalue weighted by molar-refractivity contribution is -0.148. The molecule has 116 valence electrons. The number of nitrogens with one attached hydrogen (secondary N) is 1. The first-order valence-electron chi connectivity index (χ1n) is 7.17. The SMILES string of the molecule is COC(=O)C1(NC(=O)c2csc(CN)n2)CCCCCC1. The molecule has 0 saturated heterocycles. The average molecular weight is 311 g/mol. The fourth-order valence-corrected chi connectivity index (χ4v) is 3.35. The summed E-state index contributed by atoms with van der Waals surface area (Å²) in [6, 6.07) is 0. The van der Waals surface area contributed by atoms with Gasteiger partial charge in [0, 0.05) is 11.9 Å². The standard InChI is InChI=1S/C14H21N3O3S/c1-20-13(19)14(6-4-2-3-5-7-14)17-12(18)10-9-21-11(8-15)16-10/h9H,2-8,15H2,1H3,(H,17,18). The smallest absolute Gasteiger partial charge is 0.331 e. The van der Waals surface area contributed by atoms with Crippen molar-refractivity contribution >= 4 is 23.2 Å². The molecule has 0 bridgehead atoms. The first-order valence-corrected chi connectivity index (χ1v) is 8.04. The van der Waals surface area contributed by atoms with Gasteiger partial charge in [0.05, 0.1) is 7.11 Å². The predicted molar refractivity (Wildman–Crippen MR) is 79.9 cm³/mol. The van der Waals surface area contributed by atoms with Gasteiger partial charge in [0.1, 0.15) is 16.2 Å². The monoisotopic (exact) mass is 311 g/mol. The molecular weight excluding hydrogens is 290 g/mol. The number of methoxy groups -OCH3 is 1. The summed E-state index contributed by atoms with van der Waals surface area (Å²) in [4.78, 5) is 28.7. The Hall–Kier alpha value is -1.47. The van der Waals surface area contributed by atoms with Crippen molar-refractivity contribution in [3.05, 3.63) is 16.1 Å². The van der Waals surface area contributed by atoms with Crippen molar-refractivity contribution in [3.8, 4) is 0 Å². The van der Waals surface area contributed by atoms with Crippen LogP contribution in [0.3, 0.4) is 0 Å². The van der Waals surface area contributed by atoms with E-state index in [-0.39, 0.29) is 11.9 Å². The van der Waals surface area contributed by atoms with E-state index in [4.69, 9.17) is 10.5 Å². The molecule has 1 aromatic rings. The van der Waals surface area contributed by atoms with Gasteiger partial charge in [0.15, 0.2) is 0 Å². The van der Waals surface area contributed by atoms with E-state index in [2.05, 4.69) is 10.3 Å². The Morgan fingerprint density at radius 2 is 2.05 bits per heavy atom. The van der Waals surface area contributed by atoms with E-state index in [1.54, 1.807) is 5.38 Å². The molecule has 0 aliphatic heterocycles. The molecule has 0 unspecified atom stereocenters. The lowest BCUT2D eigenvalue weighted by atomic mass is 9.90. The maximum absolute atomic E-state index is 12.4. The molecule has 1 saturated carbocycles. The van der Waals surface area contributed by atoms with Crippen LogP contribution in [0, 0.1) is 0 Å². The second kappa shape index (κ2) is 7.00. The summed E-state index contributed by atoms with van der Waals surface area (Å²) in [5, 5.41) is 5.23. The van der Waals surface area contributed by atoms with Crippen LogP contribution in [0.4, 0.5) is 0 Å². The molecule has 1 aromatic heterocycles. The number of aromatic nitrogens is 1. The van der Waals surface area contributed by atoms with Gasteiger partial charge in [-0.15, -0.1) is 11.3 Å². The van der Waals surface area contributed by atoms with Crippen LogP contribution >= 0.6 is 11.3 Å². The third kappa shape index (κ3) is 3.59. The van der Waals surface area contributed by atoms with Crippen molar-refractivity contribution in [3.63, 3.8) is 0 Å². The Balaban J connectivity index is 2.17. The summed E-state index contributed by atoms with van der Waals surface area (Å²) in [6.45, 7) is 0.306. The Bertz CT molecular complexity index is 507. The van der Waals surface area contributed by atoms with E-state index < -0.39 is 5.54 Å². The second-order valence-electron chi connectivity index (χ2n) is 5.27. The Kier molecular flexibility index (Phi) is 5.30. The van der Waals surface area contributed by atoms with Crippen LogP contribution in [0.25, 0.3) is 0 Å². The van der Waals surface area contributed by atoms with E-state index in [9.17, 15) is 9.59 Å². The molecular formula is C14H21N3O3S. The Morgan fingerprint density at radius 1 is 1.38 bits per heavy atom. The molecule has 1 fully saturated rings. The van der Waals surface area contributed by atoms with E-state index in [1.807, 2.05) is 0 Å². The highest BCUT2D eigenvalue weighted by atomic mass is 32.1. The summed E-state index contributed by atoms with van der Waals surface area (Å²) in [5.74, 6) is -0.703. The van der Waals surface area contributed by atoms with Gasteiger partial charge < -0.3 is 15.8 Å². The molecule has 0 spiro atoms. The number of carbonyl (C=O) groups is 2. The number of ether oxygens (including phenoxy) is 1. The molecule has 0 aromatic carbocycles. The fraction of sp³-hybridized carbons (Fsp3) is 0.643. The zero-order valence-corrected chi connectivity index (χ0v) is 13.0. The summed E-state index contributed by atoms with van der Waals surface area (Å²) < 4.78 is 4.92. The van der Waals surface area contributed by atoms with Crippen LogP contribution < -0.4 is 11.1 Å². The van der Waals surface area contributed by atoms with Gasteiger partial charge in [0.2, 0.25) is 0 Å². The van der Waals surface area contributed by atoms with Crippen LogP contribution in [-0.4, -0.2) is 29.5 Å². The maximum Gasteiger partial charge on any atom is 0.331 e. The molecule has 3 N–H and O–H groups in total. The lowest BCUT2D eigenvalue weighted by Gasteiger charge is -2.30. The van der Waals surface area contributed by atoms with E-state index in [0.29, 0.717) is 30.1 Å². The highest BCUT2D eigenvalue weighted by molar-refractivity contribution is 7.09. The largest absolute Gasteiger partial charge is 0.467 e. The number of amides is 1. The summed E-state index contributed by atoms with van der Waals surface area (Å²) in [6.07, 6.45) is 5.17. The molecule has 0 atom stereocenters. The van der Waals surface area contributed by atoms with E-state index >= 15 is 0 Å². The number of hydrogen-bond donors (Lipinski definition) is 2. The first-order chi connectivity index (χ1) is 10.1. The minimum atomic E-state index is -0.922. The number of esters is 1. The quantitative estimate of drug-likeness (QED) is 0.650. The molecule has 1 aliphatic carbocycles. The summed E-state index contributed by atoms with van der Waals surface area (Å²) in [5.41, 5.74) is 4.90. The summed E-state index contributed by atoms with van der Waals surface area (Å²) >= 11 is 1.34. The molecule has 6 nitrogen and oxygen atoms in total. The molecule has 1 heterocycles. The lowest BCUT2D eigenvalue weighted by Crippen LogP contribution is -2.54. The Labute approximate surface area is 128 Å². The first kappa shape index (κ1) is 15.9. The average Bonchev–Trinajstić information content (AvgIpc) is 2.87. The van der Waals surface area contributed by atoms with Crippen LogP contribution in [0.1, 0.15) is 54.0 Å². The molecule has 21 heavy (non-hydrogen) atoms. The highest BCUT2D eigenvalue weighted by Gasteiger charge is 2.41. The van der Waals surface area contributed by atoms with Crippen molar-refractivity contribution in [1.29, 1.82) is 0 Å². The van der Waals surface area contributed by atoms with Gasteiger partial charge in [-0.05, 0) is 12.8 Å². The van der Waals surface area contributed by atoms with Gasteiger partial charge in [-0.2, -0.15) is 0 Å². The zero-order valence-electron chi connectivity index (χ0n) is 12.2. The topological polar surface area (TPSA) is 94.3 Å². The number of rotatable bonds is 4. The van der Waals surface area contributed by atoms with Gasteiger partial charge in [-0.3, -0.25) is 4.79 Å². The number of hydrogen-bond acceptors (Lipinski definition) is 6. The fourth-order valence-electron chi connectivity index (χ4n) is 2.70. The number of nitrogens with two attached hydrogens (primary N) is 1. The van der Waals surface area contributed by atoms with Gasteiger partial charge in [-0.25, -0.2) is 9.78 Å². The van der Waals surface area contributed by atoms with Gasteiger partial charge >= 0.3 is 5.97 Å². The van der Waals surface area contributed by atoms with Crippen molar-refractivity contribution < 1.29 is 14.3 Å². The highest BCUT2D eigenvalue weighted by Crippen LogP contribution is 2.29. The van der Waals surface area contributed by atoms with Crippen molar-refractivity contribution in [2.75, 3.05) is 7.11 Å². The van der Waals surface area contributed by atoms with Crippen LogP contribution in [0.2, 0.25) is 0 Å². The predicted octanol–water partition coefficient (Wildman–Crippen LogP) is 1.60. The zero-order chi connectivity index (χ0) is 15.3. The minimum absolute atomic E-state index is 0.306. The normalized spacial score (nSPS) is 17.8. The van der Waals surface area contributed by atoms with Crippen LogP contribution in [-0.2, 0) is 16.1 Å². The molecule has 0 radical (unpaired) electrons. The maximum atomic E-state index is 12.4. The number of thiazole rings is 1. The van der Waals surface area contributed by atoms with Crippen LogP contribution in [0.5, 0.6) is 0 Å². The molecule has 2 rings (SSSR count). The third-order valence-corrected chi connectivity index (χ3v) is 4.72. The second-order valence-corrected chi connectivity index (χ2v) is 6.22.